The molecule has 0 radical (unpaired) electrons. The number of benzene rings is 1. The number of anilines is 1. The number of pyridine rings is 1. The van der Waals surface area contributed by atoms with Gasteiger partial charge < -0.3 is 15.0 Å². The summed E-state index contributed by atoms with van der Waals surface area (Å²) in [4.78, 5) is 10.1. The summed E-state index contributed by atoms with van der Waals surface area (Å²) in [5.74, 6) is 0.203. The Bertz CT molecular complexity index is 1230. The third-order valence-electron chi connectivity index (χ3n) is 5.65. The lowest BCUT2D eigenvalue weighted by Crippen LogP contribution is -2.33. The number of fused-ring (bicyclic) bond motifs is 3. The van der Waals surface area contributed by atoms with Crippen molar-refractivity contribution in [2.75, 3.05) is 11.4 Å². The highest BCUT2D eigenvalue weighted by atomic mass is 16.3. The summed E-state index contributed by atoms with van der Waals surface area (Å²) >= 11 is 0. The first-order valence-electron chi connectivity index (χ1n) is 9.67. The van der Waals surface area contributed by atoms with E-state index in [4.69, 9.17) is 0 Å². The number of aromatic nitrogens is 4. The van der Waals surface area contributed by atoms with Crippen LogP contribution in [0.4, 0.5) is 5.69 Å². The second-order valence-corrected chi connectivity index (χ2v) is 7.29. The molecular formula is C23H21N5O. The van der Waals surface area contributed by atoms with Crippen molar-refractivity contribution in [3.05, 3.63) is 72.2 Å². The lowest BCUT2D eigenvalue weighted by Gasteiger charge is -2.35. The Morgan fingerprint density at radius 1 is 1.21 bits per heavy atom. The van der Waals surface area contributed by atoms with E-state index in [1.807, 2.05) is 30.5 Å². The van der Waals surface area contributed by atoms with Crippen LogP contribution in [0, 0.1) is 0 Å². The molecule has 0 amide bonds. The topological polar surface area (TPSA) is 77.9 Å². The van der Waals surface area contributed by atoms with Crippen LogP contribution in [-0.2, 0) is 6.42 Å². The average molecular weight is 383 g/mol. The van der Waals surface area contributed by atoms with Crippen LogP contribution >= 0.6 is 0 Å². The molecule has 29 heavy (non-hydrogen) atoms. The minimum absolute atomic E-state index is 0.161. The lowest BCUT2D eigenvalue weighted by molar-refractivity contribution is 0.477. The van der Waals surface area contributed by atoms with Crippen LogP contribution < -0.4 is 4.90 Å². The highest BCUT2D eigenvalue weighted by Gasteiger charge is 2.29. The number of H-pyrrole nitrogens is 1. The third kappa shape index (κ3) is 2.84. The zero-order valence-corrected chi connectivity index (χ0v) is 16.1. The molecule has 3 aromatic heterocycles. The molecule has 6 nitrogen and oxygen atoms in total. The standard InChI is InChI=1S/C23H21N5O/c1-3-15-12-16(8-10-24-15)28-11-9-19-22(14(28)2)18-13-20(26-27-23(18)25-19)17-6-4-5-7-21(17)29/h3-8,10,12-14,29H,1,9,11H2,2H3,(H,25,27)/t14-/m1/s1. The minimum Gasteiger partial charge on any atom is -0.507 e. The van der Waals surface area contributed by atoms with Gasteiger partial charge in [0, 0.05) is 47.1 Å². The van der Waals surface area contributed by atoms with Crippen LogP contribution in [0.1, 0.15) is 29.9 Å². The van der Waals surface area contributed by atoms with Gasteiger partial charge in [-0.1, -0.05) is 18.7 Å². The lowest BCUT2D eigenvalue weighted by atomic mass is 9.96. The molecule has 4 aromatic rings. The van der Waals surface area contributed by atoms with Gasteiger partial charge in [-0.15, -0.1) is 10.2 Å². The number of hydrogen-bond donors (Lipinski definition) is 2. The first-order chi connectivity index (χ1) is 14.2. The van der Waals surface area contributed by atoms with Crippen molar-refractivity contribution < 1.29 is 5.11 Å². The van der Waals surface area contributed by atoms with E-state index >= 15 is 0 Å². The zero-order valence-electron chi connectivity index (χ0n) is 16.1. The van der Waals surface area contributed by atoms with Crippen molar-refractivity contribution in [2.45, 2.75) is 19.4 Å². The van der Waals surface area contributed by atoms with Gasteiger partial charge in [0.15, 0.2) is 5.65 Å². The van der Waals surface area contributed by atoms with Gasteiger partial charge in [-0.2, -0.15) is 0 Å². The summed E-state index contributed by atoms with van der Waals surface area (Å²) in [7, 11) is 0. The molecule has 0 spiro atoms. The van der Waals surface area contributed by atoms with E-state index in [0.717, 1.165) is 35.4 Å². The van der Waals surface area contributed by atoms with Gasteiger partial charge in [-0.3, -0.25) is 4.98 Å². The Kier molecular flexibility index (Phi) is 4.05. The zero-order chi connectivity index (χ0) is 20.0. The number of para-hydroxylation sites is 1. The number of phenolic OH excluding ortho intramolecular Hbond substituents is 1. The highest BCUT2D eigenvalue weighted by Crippen LogP contribution is 2.39. The molecule has 2 N–H and O–H groups in total. The normalized spacial score (nSPS) is 16.0. The predicted molar refractivity (Wildman–Crippen MR) is 115 cm³/mol. The number of phenols is 1. The van der Waals surface area contributed by atoms with Gasteiger partial charge >= 0.3 is 0 Å². The summed E-state index contributed by atoms with van der Waals surface area (Å²) < 4.78 is 0. The number of aromatic amines is 1. The van der Waals surface area contributed by atoms with Gasteiger partial charge in [0.25, 0.3) is 0 Å². The van der Waals surface area contributed by atoms with Crippen molar-refractivity contribution in [3.63, 3.8) is 0 Å². The van der Waals surface area contributed by atoms with E-state index in [0.29, 0.717) is 11.3 Å². The molecule has 1 aliphatic heterocycles. The van der Waals surface area contributed by atoms with Crippen LogP contribution in [-0.4, -0.2) is 31.8 Å². The number of aromatic hydroxyl groups is 1. The van der Waals surface area contributed by atoms with Crippen molar-refractivity contribution in [3.8, 4) is 17.0 Å². The molecule has 0 bridgehead atoms. The first kappa shape index (κ1) is 17.4. The molecule has 144 valence electrons. The summed E-state index contributed by atoms with van der Waals surface area (Å²) in [5, 5.41) is 20.0. The minimum atomic E-state index is 0.161. The summed E-state index contributed by atoms with van der Waals surface area (Å²) in [5.41, 5.74) is 6.56. The molecule has 4 heterocycles. The predicted octanol–water partition coefficient (Wildman–Crippen LogP) is 4.49. The van der Waals surface area contributed by atoms with E-state index in [1.165, 1.54) is 11.3 Å². The van der Waals surface area contributed by atoms with Crippen LogP contribution in [0.5, 0.6) is 5.75 Å². The molecule has 0 saturated carbocycles. The van der Waals surface area contributed by atoms with E-state index in [1.54, 1.807) is 18.2 Å². The van der Waals surface area contributed by atoms with Crippen molar-refractivity contribution in [1.29, 1.82) is 0 Å². The first-order valence-corrected chi connectivity index (χ1v) is 9.67. The second kappa shape index (κ2) is 6.74. The van der Waals surface area contributed by atoms with Crippen LogP contribution in [0.3, 0.4) is 0 Å². The maximum absolute atomic E-state index is 10.2. The van der Waals surface area contributed by atoms with Crippen LogP contribution in [0.25, 0.3) is 28.4 Å². The fourth-order valence-electron chi connectivity index (χ4n) is 4.22. The van der Waals surface area contributed by atoms with Crippen molar-refractivity contribution >= 4 is 22.8 Å². The van der Waals surface area contributed by atoms with Crippen molar-refractivity contribution in [2.24, 2.45) is 0 Å². The second-order valence-electron chi connectivity index (χ2n) is 7.29. The maximum atomic E-state index is 10.2. The Morgan fingerprint density at radius 3 is 2.90 bits per heavy atom. The monoisotopic (exact) mass is 383 g/mol. The van der Waals surface area contributed by atoms with E-state index in [-0.39, 0.29) is 11.8 Å². The van der Waals surface area contributed by atoms with Gasteiger partial charge in [0.05, 0.1) is 17.4 Å². The van der Waals surface area contributed by atoms with E-state index in [9.17, 15) is 5.11 Å². The fourth-order valence-corrected chi connectivity index (χ4v) is 4.22. The van der Waals surface area contributed by atoms with Crippen LogP contribution in [0.2, 0.25) is 0 Å². The van der Waals surface area contributed by atoms with Gasteiger partial charge in [-0.25, -0.2) is 0 Å². The summed E-state index contributed by atoms with van der Waals surface area (Å²) in [6.07, 6.45) is 4.49. The van der Waals surface area contributed by atoms with Gasteiger partial charge in [-0.05, 0) is 43.3 Å². The molecule has 5 rings (SSSR count). The quantitative estimate of drug-likeness (QED) is 0.545. The smallest absolute Gasteiger partial charge is 0.160 e. The van der Waals surface area contributed by atoms with E-state index in [2.05, 4.69) is 44.6 Å². The summed E-state index contributed by atoms with van der Waals surface area (Å²) in [6, 6.07) is 13.5. The number of nitrogens with zero attached hydrogens (tertiary/aromatic N) is 4. The molecule has 0 fully saturated rings. The molecule has 0 unspecified atom stereocenters. The Labute approximate surface area is 168 Å². The van der Waals surface area contributed by atoms with Gasteiger partial charge in [0.1, 0.15) is 5.75 Å². The molecule has 6 heteroatoms. The molecule has 0 aliphatic carbocycles. The molecule has 1 aromatic carbocycles. The maximum Gasteiger partial charge on any atom is 0.160 e. The molecule has 0 saturated heterocycles. The van der Waals surface area contributed by atoms with Crippen molar-refractivity contribution in [1.82, 2.24) is 20.2 Å². The SMILES string of the molecule is C=Cc1cc(N2CCc3[nH]c4nnc(-c5ccccc5O)cc4c3[C@H]2C)ccn1. The average Bonchev–Trinajstić information content (AvgIpc) is 3.13. The Balaban J connectivity index is 1.61. The molecule has 1 atom stereocenters. The largest absolute Gasteiger partial charge is 0.507 e. The third-order valence-corrected chi connectivity index (χ3v) is 5.65. The fraction of sp³-hybridized carbons (Fsp3) is 0.174. The number of nitrogens with one attached hydrogen (secondary N) is 1. The molecular weight excluding hydrogens is 362 g/mol. The number of rotatable bonds is 3. The van der Waals surface area contributed by atoms with Gasteiger partial charge in [0.2, 0.25) is 0 Å². The van der Waals surface area contributed by atoms with Crippen LogP contribution in [0.15, 0.2) is 55.2 Å². The van der Waals surface area contributed by atoms with E-state index < -0.39 is 0 Å². The Morgan fingerprint density at radius 2 is 2.07 bits per heavy atom. The molecule has 1 aliphatic rings. The summed E-state index contributed by atoms with van der Waals surface area (Å²) in [6.45, 7) is 6.94. The Hall–Kier alpha value is -3.67. The number of hydrogen-bond acceptors (Lipinski definition) is 5. The highest BCUT2D eigenvalue weighted by molar-refractivity contribution is 5.86.